The van der Waals surface area contributed by atoms with E-state index in [0.29, 0.717) is 17.9 Å². The number of rotatable bonds is 5. The quantitative estimate of drug-likeness (QED) is 0.883. The summed E-state index contributed by atoms with van der Waals surface area (Å²) in [7, 11) is 2.07. The number of nitrogens with one attached hydrogen (secondary N) is 2. The molecule has 3 rings (SSSR count). The molecular weight excluding hydrogens is 292 g/mol. The van der Waals surface area contributed by atoms with Crippen LogP contribution in [0.2, 0.25) is 5.02 Å². The van der Waals surface area contributed by atoms with Crippen LogP contribution in [0.15, 0.2) is 54.6 Å². The molecule has 0 aromatic heterocycles. The third kappa shape index (κ3) is 3.52. The molecular formula is C19H23ClN2. The second-order valence-corrected chi connectivity index (χ2v) is 6.50. The van der Waals surface area contributed by atoms with Crippen molar-refractivity contribution < 1.29 is 0 Å². The van der Waals surface area contributed by atoms with Crippen LogP contribution >= 0.6 is 11.6 Å². The van der Waals surface area contributed by atoms with Crippen LogP contribution in [0.1, 0.15) is 17.0 Å². The van der Waals surface area contributed by atoms with Gasteiger partial charge in [-0.2, -0.15) is 0 Å². The monoisotopic (exact) mass is 314 g/mol. The Bertz CT molecular complexity index is 582. The van der Waals surface area contributed by atoms with Crippen LogP contribution in [-0.4, -0.2) is 26.2 Å². The summed E-state index contributed by atoms with van der Waals surface area (Å²) in [6.45, 7) is 2.10. The molecule has 0 saturated carbocycles. The van der Waals surface area contributed by atoms with Gasteiger partial charge in [0.15, 0.2) is 0 Å². The first kappa shape index (κ1) is 15.5. The highest BCUT2D eigenvalue weighted by Gasteiger charge is 2.33. The van der Waals surface area contributed by atoms with Gasteiger partial charge in [-0.05, 0) is 42.6 Å². The first-order valence-electron chi connectivity index (χ1n) is 7.95. The van der Waals surface area contributed by atoms with Crippen LogP contribution in [0.25, 0.3) is 0 Å². The first-order valence-corrected chi connectivity index (χ1v) is 8.33. The largest absolute Gasteiger partial charge is 0.316 e. The normalized spacial score (nSPS) is 22.6. The Kier molecular flexibility index (Phi) is 5.14. The summed E-state index contributed by atoms with van der Waals surface area (Å²) in [6.07, 6.45) is 1.06. The molecule has 1 aliphatic rings. The van der Waals surface area contributed by atoms with Gasteiger partial charge in [0.1, 0.15) is 0 Å². The van der Waals surface area contributed by atoms with Gasteiger partial charge in [0, 0.05) is 30.1 Å². The van der Waals surface area contributed by atoms with Crippen LogP contribution in [0.5, 0.6) is 0 Å². The van der Waals surface area contributed by atoms with Crippen molar-refractivity contribution in [1.82, 2.24) is 10.6 Å². The maximum absolute atomic E-state index is 6.02. The van der Waals surface area contributed by atoms with Crippen molar-refractivity contribution in [1.29, 1.82) is 0 Å². The summed E-state index contributed by atoms with van der Waals surface area (Å²) in [5, 5.41) is 7.91. The molecule has 0 spiro atoms. The fraction of sp³-hybridized carbons (Fsp3) is 0.368. The van der Waals surface area contributed by atoms with Crippen molar-refractivity contribution in [3.63, 3.8) is 0 Å². The van der Waals surface area contributed by atoms with E-state index in [1.165, 1.54) is 11.1 Å². The molecule has 3 atom stereocenters. The fourth-order valence-electron chi connectivity index (χ4n) is 3.53. The van der Waals surface area contributed by atoms with Gasteiger partial charge in [0.2, 0.25) is 0 Å². The number of hydrogen-bond donors (Lipinski definition) is 2. The Morgan fingerprint density at radius 1 is 1.09 bits per heavy atom. The average molecular weight is 315 g/mol. The third-order valence-electron chi connectivity index (χ3n) is 4.75. The van der Waals surface area contributed by atoms with E-state index in [1.807, 2.05) is 12.1 Å². The lowest BCUT2D eigenvalue weighted by molar-refractivity contribution is 0.365. The van der Waals surface area contributed by atoms with Crippen LogP contribution in [-0.2, 0) is 6.42 Å². The Morgan fingerprint density at radius 2 is 1.82 bits per heavy atom. The van der Waals surface area contributed by atoms with Gasteiger partial charge in [0.05, 0.1) is 0 Å². The van der Waals surface area contributed by atoms with Gasteiger partial charge in [-0.25, -0.2) is 0 Å². The summed E-state index contributed by atoms with van der Waals surface area (Å²) < 4.78 is 0. The number of likely N-dealkylation sites (N-methyl/N-ethyl adjacent to an activating group) is 1. The van der Waals surface area contributed by atoms with Gasteiger partial charge < -0.3 is 10.6 Å². The van der Waals surface area contributed by atoms with E-state index in [1.54, 1.807) is 0 Å². The second kappa shape index (κ2) is 7.28. The van der Waals surface area contributed by atoms with E-state index < -0.39 is 0 Å². The molecule has 2 N–H and O–H groups in total. The van der Waals surface area contributed by atoms with Gasteiger partial charge in [0.25, 0.3) is 0 Å². The van der Waals surface area contributed by atoms with Crippen molar-refractivity contribution in [3.05, 3.63) is 70.7 Å². The highest BCUT2D eigenvalue weighted by molar-refractivity contribution is 6.30. The maximum Gasteiger partial charge on any atom is 0.0406 e. The molecule has 1 aliphatic heterocycles. The molecule has 0 amide bonds. The topological polar surface area (TPSA) is 24.1 Å². The van der Waals surface area contributed by atoms with Gasteiger partial charge in [-0.3, -0.25) is 0 Å². The van der Waals surface area contributed by atoms with Crippen molar-refractivity contribution in [3.8, 4) is 0 Å². The predicted molar refractivity (Wildman–Crippen MR) is 93.5 cm³/mol. The Balaban J connectivity index is 1.77. The number of hydrogen-bond acceptors (Lipinski definition) is 2. The minimum Gasteiger partial charge on any atom is -0.316 e. The van der Waals surface area contributed by atoms with Crippen molar-refractivity contribution in [2.75, 3.05) is 20.1 Å². The summed E-state index contributed by atoms with van der Waals surface area (Å²) >= 11 is 6.02. The molecule has 0 aliphatic carbocycles. The van der Waals surface area contributed by atoms with E-state index in [4.69, 9.17) is 11.6 Å². The highest BCUT2D eigenvalue weighted by atomic mass is 35.5. The van der Waals surface area contributed by atoms with Gasteiger partial charge in [-0.15, -0.1) is 0 Å². The van der Waals surface area contributed by atoms with E-state index in [2.05, 4.69) is 60.1 Å². The standard InChI is InChI=1S/C19H23ClN2/c1-21-19(11-14-5-3-2-4-6-14)18-13-22-12-17(18)15-7-9-16(20)10-8-15/h2-10,17-19,21-22H,11-13H2,1H3/t17-,18-,19?/m1/s1. The lowest BCUT2D eigenvalue weighted by Crippen LogP contribution is -2.39. The average Bonchev–Trinajstić information content (AvgIpc) is 3.04. The molecule has 1 saturated heterocycles. The molecule has 2 nitrogen and oxygen atoms in total. The smallest absolute Gasteiger partial charge is 0.0406 e. The van der Waals surface area contributed by atoms with Crippen LogP contribution in [0, 0.1) is 5.92 Å². The molecule has 116 valence electrons. The van der Waals surface area contributed by atoms with Gasteiger partial charge in [-0.1, -0.05) is 54.1 Å². The van der Waals surface area contributed by atoms with Crippen molar-refractivity contribution >= 4 is 11.6 Å². The summed E-state index contributed by atoms with van der Waals surface area (Å²) in [5.74, 6) is 1.13. The minimum atomic E-state index is 0.470. The molecule has 3 heteroatoms. The minimum absolute atomic E-state index is 0.470. The number of halogens is 1. The Labute approximate surface area is 137 Å². The molecule has 1 unspecified atom stereocenters. The number of benzene rings is 2. The zero-order valence-corrected chi connectivity index (χ0v) is 13.7. The highest BCUT2D eigenvalue weighted by Crippen LogP contribution is 2.32. The lowest BCUT2D eigenvalue weighted by atomic mass is 9.82. The zero-order chi connectivity index (χ0) is 15.4. The summed E-state index contributed by atoms with van der Waals surface area (Å²) in [5.41, 5.74) is 2.77. The van der Waals surface area contributed by atoms with Crippen LogP contribution < -0.4 is 10.6 Å². The van der Waals surface area contributed by atoms with Crippen molar-refractivity contribution in [2.24, 2.45) is 5.92 Å². The van der Waals surface area contributed by atoms with E-state index in [0.717, 1.165) is 24.5 Å². The lowest BCUT2D eigenvalue weighted by Gasteiger charge is -2.28. The summed E-state index contributed by atoms with van der Waals surface area (Å²) in [6, 6.07) is 19.5. The molecule has 1 heterocycles. The van der Waals surface area contributed by atoms with Crippen LogP contribution in [0.4, 0.5) is 0 Å². The molecule has 22 heavy (non-hydrogen) atoms. The van der Waals surface area contributed by atoms with Crippen LogP contribution in [0.3, 0.4) is 0 Å². The molecule has 2 aromatic carbocycles. The Morgan fingerprint density at radius 3 is 2.50 bits per heavy atom. The summed E-state index contributed by atoms with van der Waals surface area (Å²) in [4.78, 5) is 0. The third-order valence-corrected chi connectivity index (χ3v) is 5.00. The molecule has 1 fully saturated rings. The van der Waals surface area contributed by atoms with E-state index in [9.17, 15) is 0 Å². The zero-order valence-electron chi connectivity index (χ0n) is 12.9. The fourth-order valence-corrected chi connectivity index (χ4v) is 3.66. The van der Waals surface area contributed by atoms with E-state index >= 15 is 0 Å². The molecule has 0 bridgehead atoms. The second-order valence-electron chi connectivity index (χ2n) is 6.07. The molecule has 2 aromatic rings. The maximum atomic E-state index is 6.02. The van der Waals surface area contributed by atoms with E-state index in [-0.39, 0.29) is 0 Å². The first-order chi connectivity index (χ1) is 10.8. The van der Waals surface area contributed by atoms with Crippen molar-refractivity contribution in [2.45, 2.75) is 18.4 Å². The Hall–Kier alpha value is -1.35. The molecule has 0 radical (unpaired) electrons. The SMILES string of the molecule is CNC(Cc1ccccc1)[C@@H]1CNC[C@@H]1c1ccc(Cl)cc1. The van der Waals surface area contributed by atoms with Gasteiger partial charge >= 0.3 is 0 Å². The predicted octanol–water partition coefficient (Wildman–Crippen LogP) is 3.47.